The standard InChI is InChI=1S/C18H22BrNO/c1-3-20-13-18(16-11-7-8-12-17(16)19)21-14(2)15-9-5-4-6-10-15/h4-12,14,18,20H,3,13H2,1-2H3. The van der Waals surface area contributed by atoms with E-state index in [2.05, 4.69) is 65.4 Å². The van der Waals surface area contributed by atoms with Gasteiger partial charge in [0.1, 0.15) is 0 Å². The van der Waals surface area contributed by atoms with Crippen LogP contribution in [-0.2, 0) is 4.74 Å². The molecule has 3 heteroatoms. The third-order valence-electron chi connectivity index (χ3n) is 3.47. The molecule has 0 fully saturated rings. The first-order valence-electron chi connectivity index (χ1n) is 7.38. The third-order valence-corrected chi connectivity index (χ3v) is 4.19. The number of ether oxygens (including phenoxy) is 1. The van der Waals surface area contributed by atoms with Crippen LogP contribution < -0.4 is 5.32 Å². The van der Waals surface area contributed by atoms with Crippen molar-refractivity contribution in [2.45, 2.75) is 26.1 Å². The van der Waals surface area contributed by atoms with E-state index in [9.17, 15) is 0 Å². The molecule has 112 valence electrons. The van der Waals surface area contributed by atoms with Crippen LogP contribution in [-0.4, -0.2) is 13.1 Å². The van der Waals surface area contributed by atoms with E-state index < -0.39 is 0 Å². The van der Waals surface area contributed by atoms with E-state index in [-0.39, 0.29) is 12.2 Å². The molecule has 0 spiro atoms. The number of halogens is 1. The SMILES string of the molecule is CCNCC(OC(C)c1ccccc1)c1ccccc1Br. The highest BCUT2D eigenvalue weighted by Gasteiger charge is 2.18. The maximum Gasteiger partial charge on any atom is 0.0968 e. The summed E-state index contributed by atoms with van der Waals surface area (Å²) in [5.74, 6) is 0. The molecule has 0 aliphatic heterocycles. The summed E-state index contributed by atoms with van der Waals surface area (Å²) in [6.07, 6.45) is 0.0812. The number of benzene rings is 2. The molecule has 2 unspecified atom stereocenters. The van der Waals surface area contributed by atoms with Crippen LogP contribution in [0.1, 0.15) is 37.2 Å². The Morgan fingerprint density at radius 2 is 1.71 bits per heavy atom. The van der Waals surface area contributed by atoms with Gasteiger partial charge in [-0.15, -0.1) is 0 Å². The molecular weight excluding hydrogens is 326 g/mol. The normalized spacial score (nSPS) is 13.9. The second-order valence-electron chi connectivity index (χ2n) is 5.01. The Bertz CT molecular complexity index is 544. The monoisotopic (exact) mass is 347 g/mol. The van der Waals surface area contributed by atoms with E-state index in [0.29, 0.717) is 0 Å². The van der Waals surface area contributed by atoms with Crippen molar-refractivity contribution >= 4 is 15.9 Å². The molecule has 0 heterocycles. The summed E-state index contributed by atoms with van der Waals surface area (Å²) in [6.45, 7) is 5.95. The van der Waals surface area contributed by atoms with E-state index >= 15 is 0 Å². The number of nitrogens with one attached hydrogen (secondary N) is 1. The van der Waals surface area contributed by atoms with Gasteiger partial charge in [-0.05, 0) is 30.7 Å². The maximum absolute atomic E-state index is 6.31. The number of rotatable bonds is 7. The molecule has 2 nitrogen and oxygen atoms in total. The van der Waals surface area contributed by atoms with Crippen LogP contribution in [0.2, 0.25) is 0 Å². The van der Waals surface area contributed by atoms with Gasteiger partial charge in [0.05, 0.1) is 12.2 Å². The summed E-state index contributed by atoms with van der Waals surface area (Å²) in [4.78, 5) is 0. The van der Waals surface area contributed by atoms with Crippen molar-refractivity contribution in [3.8, 4) is 0 Å². The molecule has 2 atom stereocenters. The van der Waals surface area contributed by atoms with Gasteiger partial charge in [0.25, 0.3) is 0 Å². The van der Waals surface area contributed by atoms with Crippen LogP contribution in [0.15, 0.2) is 59.1 Å². The second-order valence-corrected chi connectivity index (χ2v) is 5.86. The van der Waals surface area contributed by atoms with Gasteiger partial charge in [-0.3, -0.25) is 0 Å². The van der Waals surface area contributed by atoms with Crippen LogP contribution in [0.3, 0.4) is 0 Å². The number of hydrogen-bond donors (Lipinski definition) is 1. The predicted octanol–water partition coefficient (Wildman–Crippen LogP) is 4.88. The molecule has 0 aliphatic carbocycles. The van der Waals surface area contributed by atoms with E-state index in [1.807, 2.05) is 24.3 Å². The maximum atomic E-state index is 6.31. The van der Waals surface area contributed by atoms with Crippen LogP contribution >= 0.6 is 15.9 Å². The quantitative estimate of drug-likeness (QED) is 0.770. The lowest BCUT2D eigenvalue weighted by atomic mass is 10.1. The minimum atomic E-state index is 0.0238. The van der Waals surface area contributed by atoms with Gasteiger partial charge in [-0.2, -0.15) is 0 Å². The highest BCUT2D eigenvalue weighted by Crippen LogP contribution is 2.30. The lowest BCUT2D eigenvalue weighted by Crippen LogP contribution is -2.24. The van der Waals surface area contributed by atoms with Gasteiger partial charge in [0, 0.05) is 11.0 Å². The Morgan fingerprint density at radius 1 is 1.05 bits per heavy atom. The van der Waals surface area contributed by atoms with Crippen LogP contribution in [0.25, 0.3) is 0 Å². The molecule has 0 bridgehead atoms. The zero-order valence-corrected chi connectivity index (χ0v) is 14.1. The van der Waals surface area contributed by atoms with Crippen LogP contribution in [0.5, 0.6) is 0 Å². The molecule has 0 radical (unpaired) electrons. The molecule has 0 saturated carbocycles. The third kappa shape index (κ3) is 4.67. The van der Waals surface area contributed by atoms with Gasteiger partial charge in [-0.25, -0.2) is 0 Å². The summed E-state index contributed by atoms with van der Waals surface area (Å²) in [6, 6.07) is 18.6. The summed E-state index contributed by atoms with van der Waals surface area (Å²) < 4.78 is 7.40. The lowest BCUT2D eigenvalue weighted by molar-refractivity contribution is -0.00447. The molecule has 0 aromatic heterocycles. The van der Waals surface area contributed by atoms with Gasteiger partial charge in [0.15, 0.2) is 0 Å². The number of likely N-dealkylation sites (N-methyl/N-ethyl adjacent to an activating group) is 1. The van der Waals surface area contributed by atoms with Crippen molar-refractivity contribution in [3.05, 3.63) is 70.2 Å². The first kappa shape index (κ1) is 16.2. The zero-order valence-electron chi connectivity index (χ0n) is 12.6. The van der Waals surface area contributed by atoms with Gasteiger partial charge in [0.2, 0.25) is 0 Å². The summed E-state index contributed by atoms with van der Waals surface area (Å²) in [7, 11) is 0. The zero-order chi connectivity index (χ0) is 15.1. The van der Waals surface area contributed by atoms with Crippen molar-refractivity contribution in [2.75, 3.05) is 13.1 Å². The molecule has 2 aromatic rings. The Labute approximate surface area is 135 Å². The van der Waals surface area contributed by atoms with Crippen molar-refractivity contribution in [1.29, 1.82) is 0 Å². The smallest absolute Gasteiger partial charge is 0.0968 e. The van der Waals surface area contributed by atoms with Crippen LogP contribution in [0, 0.1) is 0 Å². The van der Waals surface area contributed by atoms with E-state index in [1.165, 1.54) is 11.1 Å². The fourth-order valence-electron chi connectivity index (χ4n) is 2.29. The van der Waals surface area contributed by atoms with Crippen molar-refractivity contribution in [2.24, 2.45) is 0 Å². The Kier molecular flexibility index (Phi) is 6.43. The van der Waals surface area contributed by atoms with Gasteiger partial charge < -0.3 is 10.1 Å². The molecule has 2 aromatic carbocycles. The highest BCUT2D eigenvalue weighted by molar-refractivity contribution is 9.10. The minimum absolute atomic E-state index is 0.0238. The average molecular weight is 348 g/mol. The van der Waals surface area contributed by atoms with E-state index in [1.54, 1.807) is 0 Å². The van der Waals surface area contributed by atoms with Gasteiger partial charge in [-0.1, -0.05) is 71.4 Å². The molecule has 0 aliphatic rings. The van der Waals surface area contributed by atoms with E-state index in [4.69, 9.17) is 4.74 Å². The summed E-state index contributed by atoms with van der Waals surface area (Å²) in [5, 5.41) is 3.39. The first-order valence-corrected chi connectivity index (χ1v) is 8.17. The molecule has 1 N–H and O–H groups in total. The van der Waals surface area contributed by atoms with Crippen molar-refractivity contribution < 1.29 is 4.74 Å². The average Bonchev–Trinajstić information content (AvgIpc) is 2.53. The first-order chi connectivity index (χ1) is 10.2. The van der Waals surface area contributed by atoms with Crippen molar-refractivity contribution in [1.82, 2.24) is 5.32 Å². The number of hydrogen-bond acceptors (Lipinski definition) is 2. The second kappa shape index (κ2) is 8.32. The Balaban J connectivity index is 2.15. The predicted molar refractivity (Wildman–Crippen MR) is 91.4 cm³/mol. The minimum Gasteiger partial charge on any atom is -0.365 e. The van der Waals surface area contributed by atoms with Gasteiger partial charge >= 0.3 is 0 Å². The molecule has 21 heavy (non-hydrogen) atoms. The Hall–Kier alpha value is -1.16. The molecule has 0 amide bonds. The summed E-state index contributed by atoms with van der Waals surface area (Å²) >= 11 is 3.63. The lowest BCUT2D eigenvalue weighted by Gasteiger charge is -2.24. The van der Waals surface area contributed by atoms with Crippen LogP contribution in [0.4, 0.5) is 0 Å². The fraction of sp³-hybridized carbons (Fsp3) is 0.333. The fourth-order valence-corrected chi connectivity index (χ4v) is 2.83. The van der Waals surface area contributed by atoms with Crippen molar-refractivity contribution in [3.63, 3.8) is 0 Å². The largest absolute Gasteiger partial charge is 0.365 e. The molecule has 0 saturated heterocycles. The van der Waals surface area contributed by atoms with E-state index in [0.717, 1.165) is 17.6 Å². The topological polar surface area (TPSA) is 21.3 Å². The molecular formula is C18H22BrNO. The summed E-state index contributed by atoms with van der Waals surface area (Å²) in [5.41, 5.74) is 2.38. The molecule has 2 rings (SSSR count). The Morgan fingerprint density at radius 3 is 2.38 bits per heavy atom. The highest BCUT2D eigenvalue weighted by atomic mass is 79.9.